The highest BCUT2D eigenvalue weighted by molar-refractivity contribution is 6.78. The van der Waals surface area contributed by atoms with E-state index in [-0.39, 0.29) is 24.2 Å². The Morgan fingerprint density at radius 2 is 1.33 bits per heavy atom. The summed E-state index contributed by atoms with van der Waals surface area (Å²) in [5.41, 5.74) is 2.68. The summed E-state index contributed by atoms with van der Waals surface area (Å²) in [6, 6.07) is 11.7. The molecule has 1 aromatic heterocycles. The zero-order valence-electron chi connectivity index (χ0n) is 45.0. The van der Waals surface area contributed by atoms with Crippen molar-refractivity contribution in [1.82, 2.24) is 20.5 Å². The maximum atomic E-state index is 15.1. The van der Waals surface area contributed by atoms with Crippen LogP contribution in [-0.2, 0) is 44.5 Å². The van der Waals surface area contributed by atoms with Crippen LogP contribution in [-0.4, -0.2) is 97.7 Å². The Morgan fingerprint density at radius 3 is 1.87 bits per heavy atom. The molecule has 0 bridgehead atoms. The topological polar surface area (TPSA) is 175 Å². The van der Waals surface area contributed by atoms with Crippen molar-refractivity contribution < 1.29 is 47.3 Å². The number of hydrogen-bond acceptors (Lipinski definition) is 10. The Hall–Kier alpha value is -5.15. The molecule has 0 aliphatic rings. The molecule has 3 aromatic rings. The first kappa shape index (κ1) is 58.2. The van der Waals surface area contributed by atoms with E-state index in [4.69, 9.17) is 23.4 Å². The van der Waals surface area contributed by atoms with Gasteiger partial charge in [-0.3, -0.25) is 14.4 Å². The van der Waals surface area contributed by atoms with Crippen LogP contribution in [0.5, 0.6) is 5.75 Å². The van der Waals surface area contributed by atoms with Crippen molar-refractivity contribution in [3.05, 3.63) is 77.5 Å². The minimum Gasteiger partial charge on any atom is -0.543 e. The number of carbonyl (C=O) groups is 5. The Bertz CT molecular complexity index is 2200. The highest BCUT2D eigenvalue weighted by Crippen LogP contribution is 2.43. The minimum atomic E-state index is -2.34. The summed E-state index contributed by atoms with van der Waals surface area (Å²) in [5, 5.41) is 6.59. The Kier molecular flexibility index (Phi) is 20.7. The molecule has 0 unspecified atom stereocenters. The van der Waals surface area contributed by atoms with Crippen molar-refractivity contribution in [1.29, 1.82) is 0 Å². The van der Waals surface area contributed by atoms with E-state index in [2.05, 4.69) is 57.2 Å². The number of aromatic amines is 1. The van der Waals surface area contributed by atoms with Gasteiger partial charge in [0.05, 0.1) is 12.0 Å². The maximum absolute atomic E-state index is 15.1. The Morgan fingerprint density at radius 1 is 0.768 bits per heavy atom. The summed E-state index contributed by atoms with van der Waals surface area (Å²) in [6.45, 7) is 33.0. The number of allylic oxidation sites excluding steroid dienone is 1. The molecular weight excluding hydrogens is 893 g/mol. The van der Waals surface area contributed by atoms with Crippen molar-refractivity contribution >= 4 is 49.1 Å². The number of rotatable bonds is 22. The SMILES string of the molecule is CO[C@H](C(=O)O[C@H](C)[C@H](C)/C=C(\C)C[C@H](C)C(=O)OC(C)(C)C)[C@@H](NC(=O)[C@@H](Cc1c[nH]c2ccccc12)N(C)C(=O)[C@H](C)NC(=O)OC(C)(C)C)c1ccc(O[Si](C(C)C)(C(C)C)C(C)C)cc1. The molecule has 3 amide bonds. The molecule has 15 heteroatoms. The normalized spacial score (nSPS) is 15.7. The van der Waals surface area contributed by atoms with Gasteiger partial charge in [-0.1, -0.05) is 97.4 Å². The van der Waals surface area contributed by atoms with E-state index in [1.807, 2.05) is 102 Å². The van der Waals surface area contributed by atoms with Crippen molar-refractivity contribution in [2.45, 2.75) is 189 Å². The smallest absolute Gasteiger partial charge is 0.408 e. The summed E-state index contributed by atoms with van der Waals surface area (Å²) in [6.07, 6.45) is 1.59. The summed E-state index contributed by atoms with van der Waals surface area (Å²) >= 11 is 0. The van der Waals surface area contributed by atoms with E-state index >= 15 is 4.79 Å². The molecule has 0 radical (unpaired) electrons. The number of fused-ring (bicyclic) bond motifs is 1. The number of ether oxygens (including phenoxy) is 4. The third kappa shape index (κ3) is 16.2. The van der Waals surface area contributed by atoms with Gasteiger partial charge in [0.25, 0.3) is 8.32 Å². The fourth-order valence-electron chi connectivity index (χ4n) is 9.15. The second-order valence-electron chi connectivity index (χ2n) is 21.7. The lowest BCUT2D eigenvalue weighted by Gasteiger charge is -2.42. The Balaban J connectivity index is 2.09. The number of benzene rings is 2. The first-order valence-electron chi connectivity index (χ1n) is 24.5. The molecule has 0 saturated carbocycles. The number of para-hydroxylation sites is 1. The van der Waals surface area contributed by atoms with E-state index in [1.54, 1.807) is 27.7 Å². The van der Waals surface area contributed by atoms with Crippen molar-refractivity contribution in [2.75, 3.05) is 14.2 Å². The van der Waals surface area contributed by atoms with Gasteiger partial charge in [-0.05, 0) is 115 Å². The minimum absolute atomic E-state index is 0.0813. The van der Waals surface area contributed by atoms with Crippen molar-refractivity contribution in [2.24, 2.45) is 11.8 Å². The van der Waals surface area contributed by atoms with Crippen LogP contribution in [0.2, 0.25) is 16.6 Å². The third-order valence-corrected chi connectivity index (χ3v) is 18.7. The van der Waals surface area contributed by atoms with Gasteiger partial charge in [-0.2, -0.15) is 0 Å². The molecule has 3 N–H and O–H groups in total. The van der Waals surface area contributed by atoms with Crippen molar-refractivity contribution in [3.63, 3.8) is 0 Å². The second kappa shape index (κ2) is 24.6. The molecule has 1 heterocycles. The number of H-pyrrole nitrogens is 1. The van der Waals surface area contributed by atoms with E-state index in [0.717, 1.165) is 22.0 Å². The lowest BCUT2D eigenvalue weighted by Crippen LogP contribution is -2.56. The van der Waals surface area contributed by atoms with E-state index in [9.17, 15) is 19.2 Å². The number of amides is 3. The lowest BCUT2D eigenvalue weighted by atomic mass is 9.96. The predicted molar refractivity (Wildman–Crippen MR) is 275 cm³/mol. The number of alkyl carbamates (subject to hydrolysis) is 1. The molecule has 14 nitrogen and oxygen atoms in total. The van der Waals surface area contributed by atoms with Gasteiger partial charge in [0.15, 0.2) is 6.10 Å². The molecule has 2 aromatic carbocycles. The van der Waals surface area contributed by atoms with Gasteiger partial charge < -0.3 is 43.9 Å². The van der Waals surface area contributed by atoms with Gasteiger partial charge in [-0.25, -0.2) is 9.59 Å². The number of likely N-dealkylation sites (N-methyl/N-ethyl adjacent to an activating group) is 1. The first-order chi connectivity index (χ1) is 31.9. The summed E-state index contributed by atoms with van der Waals surface area (Å²) in [5.74, 6) is -2.07. The van der Waals surface area contributed by atoms with Crippen LogP contribution in [0.25, 0.3) is 10.9 Å². The van der Waals surface area contributed by atoms with E-state index in [1.165, 1.54) is 26.0 Å². The molecular formula is C54H84N4O10Si. The molecule has 3 rings (SSSR count). The van der Waals surface area contributed by atoms with Gasteiger partial charge in [0.1, 0.15) is 35.1 Å². The predicted octanol–water partition coefficient (Wildman–Crippen LogP) is 10.8. The molecule has 0 fully saturated rings. The summed E-state index contributed by atoms with van der Waals surface area (Å²) in [4.78, 5) is 73.7. The number of nitrogens with zero attached hydrogens (tertiary/aromatic N) is 1. The van der Waals surface area contributed by atoms with Gasteiger partial charge in [-0.15, -0.1) is 0 Å². The largest absolute Gasteiger partial charge is 0.543 e. The zero-order valence-corrected chi connectivity index (χ0v) is 46.0. The number of methoxy groups -OCH3 is 1. The highest BCUT2D eigenvalue weighted by Gasteiger charge is 2.47. The average Bonchev–Trinajstić information content (AvgIpc) is 3.64. The average molecular weight is 977 g/mol. The molecule has 0 saturated heterocycles. The fraction of sp³-hybridized carbons (Fsp3) is 0.611. The van der Waals surface area contributed by atoms with E-state index in [0.29, 0.717) is 34.4 Å². The summed E-state index contributed by atoms with van der Waals surface area (Å²) < 4.78 is 30.1. The highest BCUT2D eigenvalue weighted by atomic mass is 28.4. The Labute approximate surface area is 413 Å². The molecule has 0 aliphatic carbocycles. The van der Waals surface area contributed by atoms with Gasteiger partial charge in [0.2, 0.25) is 11.8 Å². The van der Waals surface area contributed by atoms with Gasteiger partial charge in [0, 0.05) is 43.6 Å². The molecule has 7 atom stereocenters. The van der Waals surface area contributed by atoms with Crippen LogP contribution in [0.3, 0.4) is 0 Å². The zero-order chi connectivity index (χ0) is 52.3. The second-order valence-corrected chi connectivity index (χ2v) is 27.1. The van der Waals surface area contributed by atoms with Crippen LogP contribution in [0, 0.1) is 11.8 Å². The van der Waals surface area contributed by atoms with Crippen LogP contribution >= 0.6 is 0 Å². The number of nitrogens with one attached hydrogen (secondary N) is 3. The summed E-state index contributed by atoms with van der Waals surface area (Å²) in [7, 11) is 0.555. The molecule has 69 heavy (non-hydrogen) atoms. The fourth-order valence-corrected chi connectivity index (χ4v) is 14.4. The third-order valence-electron chi connectivity index (χ3n) is 12.7. The molecule has 0 spiro atoms. The van der Waals surface area contributed by atoms with Crippen LogP contribution in [0.15, 0.2) is 66.4 Å². The maximum Gasteiger partial charge on any atom is 0.408 e. The van der Waals surface area contributed by atoms with Crippen molar-refractivity contribution in [3.8, 4) is 5.75 Å². The number of esters is 2. The number of aromatic nitrogens is 1. The van der Waals surface area contributed by atoms with Crippen LogP contribution in [0.4, 0.5) is 4.79 Å². The van der Waals surface area contributed by atoms with Crippen LogP contribution in [0.1, 0.15) is 141 Å². The number of hydrogen-bond donors (Lipinski definition) is 3. The van der Waals surface area contributed by atoms with Crippen LogP contribution < -0.4 is 15.1 Å². The van der Waals surface area contributed by atoms with E-state index < -0.39 is 73.7 Å². The molecule has 0 aliphatic heterocycles. The first-order valence-corrected chi connectivity index (χ1v) is 26.6. The monoisotopic (exact) mass is 977 g/mol. The molecule has 384 valence electrons. The quantitative estimate of drug-likeness (QED) is 0.0380. The lowest BCUT2D eigenvalue weighted by molar-refractivity contribution is -0.164. The number of carbonyl (C=O) groups excluding carboxylic acids is 5. The van der Waals surface area contributed by atoms with Gasteiger partial charge >= 0.3 is 18.0 Å². The standard InChI is InChI=1S/C54H84N4O10Si/c1-32(2)69(33(3)4,34(5)6)68-42-26-24-40(25-27-42)46(47(64-19)51(62)65-39(11)36(8)28-35(7)29-37(9)50(61)66-53(12,13)14)57-48(59)45(30-41-31-55-44-23-21-20-22-43(41)44)58(18)49(60)38(10)56-52(63)67-54(15,16)17/h20-28,31-34,36-39,45-47,55H,29-30H2,1-19H3,(H,56,63)(H,57,59)/b35-28+/t36-,37+,38+,39-,45-,46+,47+/m1/s1.